The molecule has 1 amide bonds. The normalized spacial score (nSPS) is 18.6. The van der Waals surface area contributed by atoms with Gasteiger partial charge in [0.2, 0.25) is 0 Å². The fraction of sp³-hybridized carbons (Fsp3) is 0.368. The van der Waals surface area contributed by atoms with Crippen LogP contribution in [0.1, 0.15) is 23.2 Å². The summed E-state index contributed by atoms with van der Waals surface area (Å²) in [6, 6.07) is 11.0. The second-order valence-corrected chi connectivity index (χ2v) is 7.05. The summed E-state index contributed by atoms with van der Waals surface area (Å²) in [5, 5.41) is 6.24. The fourth-order valence-electron chi connectivity index (χ4n) is 3.71. The van der Waals surface area contributed by atoms with Gasteiger partial charge in [-0.3, -0.25) is 4.79 Å². The van der Waals surface area contributed by atoms with Crippen LogP contribution in [-0.4, -0.2) is 37.1 Å². The molecule has 2 fully saturated rings. The lowest BCUT2D eigenvalue weighted by molar-refractivity contribution is 0.102. The van der Waals surface area contributed by atoms with Crippen LogP contribution in [0, 0.1) is 5.41 Å². The van der Waals surface area contributed by atoms with Gasteiger partial charge in [0, 0.05) is 24.7 Å². The van der Waals surface area contributed by atoms with Crippen molar-refractivity contribution in [3.8, 4) is 0 Å². The molecule has 0 unspecified atom stereocenters. The predicted octanol–water partition coefficient (Wildman–Crippen LogP) is 2.11. The summed E-state index contributed by atoms with van der Waals surface area (Å²) in [7, 11) is 0. The minimum absolute atomic E-state index is 0.199. The minimum atomic E-state index is -0.199. The maximum absolute atomic E-state index is 12.3. The van der Waals surface area contributed by atoms with Crippen molar-refractivity contribution in [1.82, 2.24) is 10.3 Å². The number of pyridine rings is 1. The average Bonchev–Trinajstić information content (AvgIpc) is 2.62. The number of hydrogen-bond donors (Lipinski definition) is 3. The van der Waals surface area contributed by atoms with Gasteiger partial charge in [0.25, 0.3) is 5.91 Å². The third kappa shape index (κ3) is 3.17. The lowest BCUT2D eigenvalue weighted by Gasteiger charge is -2.53. The first-order chi connectivity index (χ1) is 12.2. The van der Waals surface area contributed by atoms with Crippen molar-refractivity contribution in [3.63, 3.8) is 0 Å². The molecule has 0 atom stereocenters. The molecule has 0 bridgehead atoms. The number of nitrogens with one attached hydrogen (secondary N) is 2. The standard InChI is InChI=1S/C19H23N5O/c20-15-3-1-2-4-16(15)23-18(25)14-5-6-17(22-11-14)24-12-19(13-24)7-9-21-10-8-19/h1-6,11,21H,7-10,12-13,20H2,(H,23,25). The highest BCUT2D eigenvalue weighted by molar-refractivity contribution is 6.05. The van der Waals surface area contributed by atoms with E-state index in [4.69, 9.17) is 5.73 Å². The van der Waals surface area contributed by atoms with Crippen LogP contribution in [0.3, 0.4) is 0 Å². The molecule has 2 saturated heterocycles. The van der Waals surface area contributed by atoms with E-state index in [0.717, 1.165) is 32.0 Å². The number of nitrogens with zero attached hydrogens (tertiary/aromatic N) is 2. The van der Waals surface area contributed by atoms with E-state index < -0.39 is 0 Å². The second-order valence-electron chi connectivity index (χ2n) is 7.05. The van der Waals surface area contributed by atoms with E-state index in [9.17, 15) is 4.79 Å². The number of aromatic nitrogens is 1. The zero-order valence-electron chi connectivity index (χ0n) is 14.2. The van der Waals surface area contributed by atoms with E-state index in [1.54, 1.807) is 18.3 Å². The average molecular weight is 337 g/mol. The molecule has 0 saturated carbocycles. The van der Waals surface area contributed by atoms with Gasteiger partial charge in [-0.15, -0.1) is 0 Å². The first-order valence-electron chi connectivity index (χ1n) is 8.73. The Morgan fingerprint density at radius 3 is 2.60 bits per heavy atom. The maximum Gasteiger partial charge on any atom is 0.257 e. The Morgan fingerprint density at radius 2 is 1.92 bits per heavy atom. The first kappa shape index (κ1) is 15.9. The van der Waals surface area contributed by atoms with Crippen LogP contribution in [0.5, 0.6) is 0 Å². The summed E-state index contributed by atoms with van der Waals surface area (Å²) >= 11 is 0. The van der Waals surface area contributed by atoms with Crippen LogP contribution < -0.4 is 21.3 Å². The highest BCUT2D eigenvalue weighted by Crippen LogP contribution is 2.40. The van der Waals surface area contributed by atoms with Crippen LogP contribution in [0.4, 0.5) is 17.2 Å². The van der Waals surface area contributed by atoms with E-state index in [-0.39, 0.29) is 5.91 Å². The molecule has 0 radical (unpaired) electrons. The van der Waals surface area contributed by atoms with Crippen molar-refractivity contribution >= 4 is 23.1 Å². The number of anilines is 3. The van der Waals surface area contributed by atoms with Crippen molar-refractivity contribution < 1.29 is 4.79 Å². The van der Waals surface area contributed by atoms with Gasteiger partial charge < -0.3 is 21.3 Å². The molecule has 1 aromatic carbocycles. The fourth-order valence-corrected chi connectivity index (χ4v) is 3.71. The highest BCUT2D eigenvalue weighted by Gasteiger charge is 2.43. The summed E-state index contributed by atoms with van der Waals surface area (Å²) < 4.78 is 0. The first-order valence-corrected chi connectivity index (χ1v) is 8.73. The third-order valence-electron chi connectivity index (χ3n) is 5.26. The van der Waals surface area contributed by atoms with E-state index in [1.165, 1.54) is 12.8 Å². The number of para-hydroxylation sites is 2. The van der Waals surface area contributed by atoms with Gasteiger partial charge in [-0.05, 0) is 50.2 Å². The van der Waals surface area contributed by atoms with Gasteiger partial charge in [-0.25, -0.2) is 4.98 Å². The van der Waals surface area contributed by atoms with Crippen molar-refractivity contribution in [2.24, 2.45) is 5.41 Å². The zero-order valence-corrected chi connectivity index (χ0v) is 14.2. The van der Waals surface area contributed by atoms with Crippen LogP contribution >= 0.6 is 0 Å². The van der Waals surface area contributed by atoms with Crippen molar-refractivity contribution in [2.75, 3.05) is 42.1 Å². The number of piperidine rings is 1. The Bertz CT molecular complexity index is 760. The number of amides is 1. The number of benzene rings is 1. The molecular weight excluding hydrogens is 314 g/mol. The number of carbonyl (C=O) groups excluding carboxylic acids is 1. The van der Waals surface area contributed by atoms with Crippen LogP contribution in [0.25, 0.3) is 0 Å². The summed E-state index contributed by atoms with van der Waals surface area (Å²) in [5.41, 5.74) is 8.03. The lowest BCUT2D eigenvalue weighted by Crippen LogP contribution is -2.60. The Kier molecular flexibility index (Phi) is 4.05. The Morgan fingerprint density at radius 1 is 1.16 bits per heavy atom. The van der Waals surface area contributed by atoms with Crippen molar-refractivity contribution in [3.05, 3.63) is 48.2 Å². The number of nitrogens with two attached hydrogens (primary N) is 1. The Balaban J connectivity index is 1.39. The number of hydrogen-bond acceptors (Lipinski definition) is 5. The molecule has 25 heavy (non-hydrogen) atoms. The number of rotatable bonds is 3. The topological polar surface area (TPSA) is 83.3 Å². The Labute approximate surface area is 147 Å². The van der Waals surface area contributed by atoms with Crippen molar-refractivity contribution in [1.29, 1.82) is 0 Å². The molecule has 0 aliphatic carbocycles. The number of nitrogen functional groups attached to an aromatic ring is 1. The number of carbonyl (C=O) groups is 1. The quantitative estimate of drug-likeness (QED) is 0.747. The molecule has 4 rings (SSSR count). The third-order valence-corrected chi connectivity index (χ3v) is 5.26. The van der Waals surface area contributed by atoms with E-state index in [0.29, 0.717) is 22.4 Å². The van der Waals surface area contributed by atoms with E-state index >= 15 is 0 Å². The van der Waals surface area contributed by atoms with Crippen molar-refractivity contribution in [2.45, 2.75) is 12.8 Å². The predicted molar refractivity (Wildman–Crippen MR) is 99.8 cm³/mol. The summed E-state index contributed by atoms with van der Waals surface area (Å²) in [4.78, 5) is 19.1. The molecule has 3 heterocycles. The lowest BCUT2D eigenvalue weighted by atomic mass is 9.72. The molecule has 1 spiro atoms. The maximum atomic E-state index is 12.3. The molecular formula is C19H23N5O. The molecule has 6 nitrogen and oxygen atoms in total. The summed E-state index contributed by atoms with van der Waals surface area (Å²) in [6.45, 7) is 4.35. The molecule has 1 aromatic heterocycles. The minimum Gasteiger partial charge on any atom is -0.397 e. The van der Waals surface area contributed by atoms with Gasteiger partial charge in [-0.2, -0.15) is 0 Å². The molecule has 2 aliphatic rings. The van der Waals surface area contributed by atoms with Gasteiger partial charge >= 0.3 is 0 Å². The van der Waals surface area contributed by atoms with E-state index in [2.05, 4.69) is 20.5 Å². The smallest absolute Gasteiger partial charge is 0.257 e. The SMILES string of the molecule is Nc1ccccc1NC(=O)c1ccc(N2CC3(CCNCC3)C2)nc1. The van der Waals surface area contributed by atoms with Gasteiger partial charge in [0.05, 0.1) is 16.9 Å². The van der Waals surface area contributed by atoms with E-state index in [1.807, 2.05) is 24.3 Å². The second kappa shape index (κ2) is 6.37. The highest BCUT2D eigenvalue weighted by atomic mass is 16.1. The summed E-state index contributed by atoms with van der Waals surface area (Å²) in [5.74, 6) is 0.746. The summed E-state index contributed by atoms with van der Waals surface area (Å²) in [6.07, 6.45) is 4.11. The van der Waals surface area contributed by atoms with Crippen LogP contribution in [0.15, 0.2) is 42.6 Å². The van der Waals surface area contributed by atoms with Crippen LogP contribution in [0.2, 0.25) is 0 Å². The van der Waals surface area contributed by atoms with Gasteiger partial charge in [0.15, 0.2) is 0 Å². The van der Waals surface area contributed by atoms with Crippen LogP contribution in [-0.2, 0) is 0 Å². The van der Waals surface area contributed by atoms with Gasteiger partial charge in [-0.1, -0.05) is 12.1 Å². The molecule has 2 aromatic rings. The molecule has 6 heteroatoms. The molecule has 2 aliphatic heterocycles. The monoisotopic (exact) mass is 337 g/mol. The molecule has 130 valence electrons. The molecule has 4 N–H and O–H groups in total. The van der Waals surface area contributed by atoms with Gasteiger partial charge in [0.1, 0.15) is 5.82 Å². The Hall–Kier alpha value is -2.60. The largest absolute Gasteiger partial charge is 0.397 e. The zero-order chi connectivity index (χ0) is 17.3.